The number of carboxylic acids is 1. The van der Waals surface area contributed by atoms with Gasteiger partial charge in [-0.1, -0.05) is 0 Å². The van der Waals surface area contributed by atoms with E-state index in [9.17, 15) is 9.90 Å². The van der Waals surface area contributed by atoms with E-state index in [4.69, 9.17) is 14.2 Å². The number of aryl methyl sites for hydroxylation is 1. The second-order valence-corrected chi connectivity index (χ2v) is 6.44. The van der Waals surface area contributed by atoms with Gasteiger partial charge in [0.05, 0.1) is 32.4 Å². The second-order valence-electron chi connectivity index (χ2n) is 6.44. The van der Waals surface area contributed by atoms with Crippen molar-refractivity contribution in [2.45, 2.75) is 27.2 Å². The molecular formula is C22H25NO5. The number of aliphatic carboxylic acids is 1. The molecule has 0 aliphatic rings. The number of aromatic amines is 1. The first kappa shape index (κ1) is 19.6. The van der Waals surface area contributed by atoms with E-state index in [1.165, 1.54) is 0 Å². The number of hydrogen-bond donors (Lipinski definition) is 2. The summed E-state index contributed by atoms with van der Waals surface area (Å²) >= 11 is 0. The van der Waals surface area contributed by atoms with Crippen molar-refractivity contribution in [1.29, 1.82) is 0 Å². The third-order valence-electron chi connectivity index (χ3n) is 4.58. The number of benzene rings is 2. The van der Waals surface area contributed by atoms with Gasteiger partial charge in [0.25, 0.3) is 0 Å². The van der Waals surface area contributed by atoms with Gasteiger partial charge in [-0.3, -0.25) is 4.79 Å². The van der Waals surface area contributed by atoms with Crippen LogP contribution >= 0.6 is 0 Å². The standard InChI is InChI=1S/C22H25NO5/c1-5-27-18-8-7-14(10-19(18)28-6-2)22-17(12-20(24)25)16-11-15(26-4)9-13(3)21(16)23-22/h7-11,23H,5-6,12H2,1-4H3,(H,24,25). The highest BCUT2D eigenvalue weighted by atomic mass is 16.5. The van der Waals surface area contributed by atoms with E-state index >= 15 is 0 Å². The molecule has 0 aliphatic carbocycles. The zero-order valence-electron chi connectivity index (χ0n) is 16.6. The van der Waals surface area contributed by atoms with E-state index in [-0.39, 0.29) is 6.42 Å². The van der Waals surface area contributed by atoms with Gasteiger partial charge in [-0.15, -0.1) is 0 Å². The molecule has 1 heterocycles. The van der Waals surface area contributed by atoms with Crippen LogP contribution in [-0.4, -0.2) is 36.4 Å². The Morgan fingerprint density at radius 2 is 1.79 bits per heavy atom. The number of fused-ring (bicyclic) bond motifs is 1. The molecule has 0 radical (unpaired) electrons. The van der Waals surface area contributed by atoms with Gasteiger partial charge in [-0.2, -0.15) is 0 Å². The minimum Gasteiger partial charge on any atom is -0.497 e. The summed E-state index contributed by atoms with van der Waals surface area (Å²) in [6, 6.07) is 9.45. The molecule has 2 N–H and O–H groups in total. The van der Waals surface area contributed by atoms with E-state index in [0.29, 0.717) is 30.5 Å². The molecule has 1 aromatic heterocycles. The number of ether oxygens (including phenoxy) is 3. The molecule has 0 atom stereocenters. The fourth-order valence-corrected chi connectivity index (χ4v) is 3.40. The highest BCUT2D eigenvalue weighted by molar-refractivity contribution is 5.96. The number of hydrogen-bond acceptors (Lipinski definition) is 4. The second kappa shape index (κ2) is 8.25. The average Bonchev–Trinajstić information content (AvgIpc) is 3.02. The van der Waals surface area contributed by atoms with Crippen LogP contribution in [0.15, 0.2) is 30.3 Å². The highest BCUT2D eigenvalue weighted by Gasteiger charge is 2.19. The molecule has 0 fully saturated rings. The van der Waals surface area contributed by atoms with Gasteiger partial charge in [-0.25, -0.2) is 0 Å². The lowest BCUT2D eigenvalue weighted by Crippen LogP contribution is -2.02. The summed E-state index contributed by atoms with van der Waals surface area (Å²) in [4.78, 5) is 15.0. The lowest BCUT2D eigenvalue weighted by molar-refractivity contribution is -0.136. The summed E-state index contributed by atoms with van der Waals surface area (Å²) in [5.41, 5.74) is 4.22. The van der Waals surface area contributed by atoms with Gasteiger partial charge in [0.15, 0.2) is 11.5 Å². The van der Waals surface area contributed by atoms with Crippen molar-refractivity contribution in [2.24, 2.45) is 0 Å². The lowest BCUT2D eigenvalue weighted by Gasteiger charge is -2.12. The smallest absolute Gasteiger partial charge is 0.307 e. The monoisotopic (exact) mass is 383 g/mol. The van der Waals surface area contributed by atoms with Crippen LogP contribution in [0.3, 0.4) is 0 Å². The Hall–Kier alpha value is -3.15. The quantitative estimate of drug-likeness (QED) is 0.595. The fourth-order valence-electron chi connectivity index (χ4n) is 3.40. The maximum atomic E-state index is 11.6. The molecule has 3 aromatic rings. The normalized spacial score (nSPS) is 10.9. The zero-order valence-corrected chi connectivity index (χ0v) is 16.6. The molecule has 28 heavy (non-hydrogen) atoms. The molecule has 2 aromatic carbocycles. The summed E-state index contributed by atoms with van der Waals surface area (Å²) < 4.78 is 16.7. The van der Waals surface area contributed by atoms with Crippen molar-refractivity contribution in [1.82, 2.24) is 4.98 Å². The average molecular weight is 383 g/mol. The van der Waals surface area contributed by atoms with E-state index in [0.717, 1.165) is 33.3 Å². The fraction of sp³-hybridized carbons (Fsp3) is 0.318. The third-order valence-corrected chi connectivity index (χ3v) is 4.58. The van der Waals surface area contributed by atoms with Crippen LogP contribution in [0.1, 0.15) is 25.0 Å². The predicted octanol–water partition coefficient (Wildman–Crippen LogP) is 4.58. The Balaban J connectivity index is 2.23. The zero-order chi connectivity index (χ0) is 20.3. The van der Waals surface area contributed by atoms with Gasteiger partial charge in [0.2, 0.25) is 0 Å². The summed E-state index contributed by atoms with van der Waals surface area (Å²) in [5, 5.41) is 10.3. The van der Waals surface area contributed by atoms with Crippen LogP contribution in [0.2, 0.25) is 0 Å². The lowest BCUT2D eigenvalue weighted by atomic mass is 10.0. The summed E-state index contributed by atoms with van der Waals surface area (Å²) in [5.74, 6) is 1.11. The summed E-state index contributed by atoms with van der Waals surface area (Å²) in [6.45, 7) is 6.85. The van der Waals surface area contributed by atoms with Crippen LogP contribution in [-0.2, 0) is 11.2 Å². The molecule has 3 rings (SSSR count). The minimum atomic E-state index is -0.890. The Kier molecular flexibility index (Phi) is 5.78. The molecule has 0 amide bonds. The molecule has 0 bridgehead atoms. The van der Waals surface area contributed by atoms with Crippen LogP contribution in [0.25, 0.3) is 22.2 Å². The topological polar surface area (TPSA) is 80.8 Å². The molecule has 0 aliphatic heterocycles. The molecule has 0 saturated carbocycles. The van der Waals surface area contributed by atoms with Crippen molar-refractivity contribution >= 4 is 16.9 Å². The minimum absolute atomic E-state index is 0.0981. The first-order valence-corrected chi connectivity index (χ1v) is 9.29. The van der Waals surface area contributed by atoms with Gasteiger partial charge in [0.1, 0.15) is 5.75 Å². The maximum Gasteiger partial charge on any atom is 0.307 e. The van der Waals surface area contributed by atoms with Crippen LogP contribution in [0, 0.1) is 6.92 Å². The van der Waals surface area contributed by atoms with Crippen LogP contribution in [0.5, 0.6) is 17.2 Å². The maximum absolute atomic E-state index is 11.6. The molecule has 6 heteroatoms. The van der Waals surface area contributed by atoms with E-state index in [1.54, 1.807) is 7.11 Å². The Morgan fingerprint density at radius 1 is 1.07 bits per heavy atom. The van der Waals surface area contributed by atoms with Gasteiger partial charge in [-0.05, 0) is 62.2 Å². The molecule has 0 saturated heterocycles. The Morgan fingerprint density at radius 3 is 2.43 bits per heavy atom. The predicted molar refractivity (Wildman–Crippen MR) is 109 cm³/mol. The molecule has 0 spiro atoms. The largest absolute Gasteiger partial charge is 0.497 e. The number of methoxy groups -OCH3 is 1. The van der Waals surface area contributed by atoms with Gasteiger partial charge in [0, 0.05) is 16.5 Å². The number of carboxylic acid groups (broad SMARTS) is 1. The summed E-state index contributed by atoms with van der Waals surface area (Å²) in [6.07, 6.45) is -0.0981. The van der Waals surface area contributed by atoms with Gasteiger partial charge >= 0.3 is 5.97 Å². The van der Waals surface area contributed by atoms with Crippen molar-refractivity contribution < 1.29 is 24.1 Å². The molecule has 148 valence electrons. The van der Waals surface area contributed by atoms with Crippen molar-refractivity contribution in [3.05, 3.63) is 41.5 Å². The number of rotatable bonds is 8. The molecule has 0 unspecified atom stereocenters. The number of H-pyrrole nitrogens is 1. The van der Waals surface area contributed by atoms with Crippen LogP contribution < -0.4 is 14.2 Å². The number of carbonyl (C=O) groups is 1. The van der Waals surface area contributed by atoms with Crippen LogP contribution in [0.4, 0.5) is 0 Å². The Bertz CT molecular complexity index is 1010. The first-order chi connectivity index (χ1) is 13.5. The van der Waals surface area contributed by atoms with E-state index in [1.807, 2.05) is 51.1 Å². The highest BCUT2D eigenvalue weighted by Crippen LogP contribution is 2.38. The van der Waals surface area contributed by atoms with Crippen molar-refractivity contribution in [3.8, 4) is 28.5 Å². The van der Waals surface area contributed by atoms with Crippen molar-refractivity contribution in [3.63, 3.8) is 0 Å². The van der Waals surface area contributed by atoms with E-state index < -0.39 is 5.97 Å². The van der Waals surface area contributed by atoms with E-state index in [2.05, 4.69) is 4.98 Å². The SMILES string of the molecule is CCOc1ccc(-c2[nH]c3c(C)cc(OC)cc3c2CC(=O)O)cc1OCC. The number of nitrogens with one attached hydrogen (secondary N) is 1. The number of aromatic nitrogens is 1. The Labute approximate surface area is 164 Å². The third kappa shape index (κ3) is 3.76. The van der Waals surface area contributed by atoms with Gasteiger partial charge < -0.3 is 24.3 Å². The molecular weight excluding hydrogens is 358 g/mol. The van der Waals surface area contributed by atoms with Crippen molar-refractivity contribution in [2.75, 3.05) is 20.3 Å². The first-order valence-electron chi connectivity index (χ1n) is 9.29. The molecule has 6 nitrogen and oxygen atoms in total. The summed E-state index contributed by atoms with van der Waals surface area (Å²) in [7, 11) is 1.60.